The minimum Gasteiger partial charge on any atom is -0.482 e. The van der Waals surface area contributed by atoms with E-state index in [1.807, 2.05) is 0 Å². The van der Waals surface area contributed by atoms with Crippen LogP contribution in [0.15, 0.2) is 57.7 Å². The summed E-state index contributed by atoms with van der Waals surface area (Å²) < 4.78 is 15.6. The van der Waals surface area contributed by atoms with Gasteiger partial charge in [-0.25, -0.2) is 4.79 Å². The van der Waals surface area contributed by atoms with Crippen molar-refractivity contribution < 1.29 is 18.7 Å². The largest absolute Gasteiger partial charge is 0.482 e. The summed E-state index contributed by atoms with van der Waals surface area (Å²) in [4.78, 5) is 23.5. The van der Waals surface area contributed by atoms with Crippen LogP contribution in [0.25, 0.3) is 22.3 Å². The molecule has 0 unspecified atom stereocenters. The van der Waals surface area contributed by atoms with E-state index in [1.54, 1.807) is 36.4 Å². The van der Waals surface area contributed by atoms with E-state index in [0.29, 0.717) is 27.5 Å². The van der Waals surface area contributed by atoms with Crippen LogP contribution in [0.2, 0.25) is 5.02 Å². The van der Waals surface area contributed by atoms with Crippen LogP contribution in [0.3, 0.4) is 0 Å². The highest BCUT2D eigenvalue weighted by molar-refractivity contribution is 6.30. The van der Waals surface area contributed by atoms with Gasteiger partial charge in [0.1, 0.15) is 17.1 Å². The molecule has 0 amide bonds. The SMILES string of the molecule is COC(=O)COc1ccc2oc(-c3ccc(Cl)cc3)cc(=O)c2c1. The number of hydrogen-bond donors (Lipinski definition) is 0. The summed E-state index contributed by atoms with van der Waals surface area (Å²) in [6, 6.07) is 13.2. The molecule has 1 aromatic heterocycles. The van der Waals surface area contributed by atoms with Gasteiger partial charge in [-0.15, -0.1) is 0 Å². The maximum absolute atomic E-state index is 12.4. The summed E-state index contributed by atoms with van der Waals surface area (Å²) in [7, 11) is 1.28. The number of hydrogen-bond acceptors (Lipinski definition) is 5. The van der Waals surface area contributed by atoms with Gasteiger partial charge in [0.2, 0.25) is 0 Å². The third-order valence-electron chi connectivity index (χ3n) is 3.41. The quantitative estimate of drug-likeness (QED) is 0.676. The van der Waals surface area contributed by atoms with Crippen molar-refractivity contribution in [1.82, 2.24) is 0 Å². The first-order chi connectivity index (χ1) is 11.6. The van der Waals surface area contributed by atoms with Crippen molar-refractivity contribution in [1.29, 1.82) is 0 Å². The van der Waals surface area contributed by atoms with Gasteiger partial charge in [-0.05, 0) is 42.5 Å². The second-order valence-electron chi connectivity index (χ2n) is 5.00. The monoisotopic (exact) mass is 344 g/mol. The standard InChI is InChI=1S/C18H13ClO5/c1-22-18(21)10-23-13-6-7-16-14(8-13)15(20)9-17(24-16)11-2-4-12(19)5-3-11/h2-9H,10H2,1H3. The lowest BCUT2D eigenvalue weighted by Gasteiger charge is -2.07. The van der Waals surface area contributed by atoms with Crippen LogP contribution in [0, 0.1) is 0 Å². The van der Waals surface area contributed by atoms with E-state index in [0.717, 1.165) is 5.56 Å². The Bertz CT molecular complexity index is 944. The zero-order valence-electron chi connectivity index (χ0n) is 12.7. The maximum Gasteiger partial charge on any atom is 0.343 e. The molecule has 0 fully saturated rings. The van der Waals surface area contributed by atoms with Gasteiger partial charge < -0.3 is 13.9 Å². The molecule has 0 spiro atoms. The van der Waals surface area contributed by atoms with Gasteiger partial charge in [0.25, 0.3) is 0 Å². The third-order valence-corrected chi connectivity index (χ3v) is 3.66. The van der Waals surface area contributed by atoms with Crippen molar-refractivity contribution in [3.05, 3.63) is 63.8 Å². The zero-order valence-corrected chi connectivity index (χ0v) is 13.5. The minimum atomic E-state index is -0.500. The number of ether oxygens (including phenoxy) is 2. The number of esters is 1. The molecule has 0 bridgehead atoms. The summed E-state index contributed by atoms with van der Waals surface area (Å²) in [6.45, 7) is -0.226. The number of rotatable bonds is 4. The number of halogens is 1. The molecule has 122 valence electrons. The van der Waals surface area contributed by atoms with E-state index in [4.69, 9.17) is 20.8 Å². The van der Waals surface area contributed by atoms with Gasteiger partial charge in [0.15, 0.2) is 12.0 Å². The Labute approximate surface area is 142 Å². The lowest BCUT2D eigenvalue weighted by atomic mass is 10.1. The van der Waals surface area contributed by atoms with Gasteiger partial charge in [0, 0.05) is 16.7 Å². The number of carbonyl (C=O) groups excluding carboxylic acids is 1. The molecule has 0 radical (unpaired) electrons. The van der Waals surface area contributed by atoms with Gasteiger partial charge in [0.05, 0.1) is 12.5 Å². The Morgan fingerprint density at radius 2 is 1.88 bits per heavy atom. The van der Waals surface area contributed by atoms with Crippen LogP contribution >= 0.6 is 11.6 Å². The van der Waals surface area contributed by atoms with Crippen LogP contribution in [0.4, 0.5) is 0 Å². The van der Waals surface area contributed by atoms with Crippen LogP contribution in [0.5, 0.6) is 5.75 Å². The second-order valence-corrected chi connectivity index (χ2v) is 5.44. The normalized spacial score (nSPS) is 10.6. The van der Waals surface area contributed by atoms with Crippen molar-refractivity contribution in [3.63, 3.8) is 0 Å². The fraction of sp³-hybridized carbons (Fsp3) is 0.111. The zero-order chi connectivity index (χ0) is 17.1. The van der Waals surface area contributed by atoms with Gasteiger partial charge in [-0.2, -0.15) is 0 Å². The maximum atomic E-state index is 12.4. The van der Waals surface area contributed by atoms with E-state index >= 15 is 0 Å². The molecular formula is C18H13ClO5. The average molecular weight is 345 g/mol. The number of benzene rings is 2. The summed E-state index contributed by atoms with van der Waals surface area (Å²) in [5, 5.41) is 0.976. The third kappa shape index (κ3) is 3.41. The molecule has 0 atom stereocenters. The van der Waals surface area contributed by atoms with E-state index in [1.165, 1.54) is 19.2 Å². The summed E-state index contributed by atoms with van der Waals surface area (Å²) in [5.41, 5.74) is 0.979. The Hall–Kier alpha value is -2.79. The molecule has 1 heterocycles. The molecule has 0 aliphatic carbocycles. The molecule has 6 heteroatoms. The van der Waals surface area contributed by atoms with Gasteiger partial charge in [-0.3, -0.25) is 4.79 Å². The van der Waals surface area contributed by atoms with E-state index in [-0.39, 0.29) is 12.0 Å². The van der Waals surface area contributed by atoms with Gasteiger partial charge >= 0.3 is 5.97 Å². The fourth-order valence-corrected chi connectivity index (χ4v) is 2.31. The Morgan fingerprint density at radius 3 is 2.58 bits per heavy atom. The van der Waals surface area contributed by atoms with Crippen LogP contribution in [-0.2, 0) is 9.53 Å². The molecule has 0 aliphatic rings. The van der Waals surface area contributed by atoms with Crippen LogP contribution in [-0.4, -0.2) is 19.7 Å². The van der Waals surface area contributed by atoms with E-state index < -0.39 is 5.97 Å². The minimum absolute atomic E-state index is 0.204. The number of fused-ring (bicyclic) bond motifs is 1. The molecule has 5 nitrogen and oxygen atoms in total. The van der Waals surface area contributed by atoms with E-state index in [9.17, 15) is 9.59 Å². The lowest BCUT2D eigenvalue weighted by molar-refractivity contribution is -0.142. The lowest BCUT2D eigenvalue weighted by Crippen LogP contribution is -2.12. The molecule has 0 aliphatic heterocycles. The topological polar surface area (TPSA) is 65.7 Å². The average Bonchev–Trinajstić information content (AvgIpc) is 2.60. The molecule has 0 N–H and O–H groups in total. The molecule has 24 heavy (non-hydrogen) atoms. The first-order valence-electron chi connectivity index (χ1n) is 7.10. The highest BCUT2D eigenvalue weighted by Crippen LogP contribution is 2.25. The molecule has 0 saturated carbocycles. The van der Waals surface area contributed by atoms with Crippen LogP contribution < -0.4 is 10.2 Å². The van der Waals surface area contributed by atoms with E-state index in [2.05, 4.69) is 4.74 Å². The summed E-state index contributed by atoms with van der Waals surface area (Å²) >= 11 is 5.87. The highest BCUT2D eigenvalue weighted by Gasteiger charge is 2.09. The Morgan fingerprint density at radius 1 is 1.12 bits per heavy atom. The second kappa shape index (κ2) is 6.76. The van der Waals surface area contributed by atoms with Crippen molar-refractivity contribution in [2.75, 3.05) is 13.7 Å². The number of methoxy groups -OCH3 is 1. The molecule has 3 aromatic rings. The van der Waals surface area contributed by atoms with Crippen molar-refractivity contribution >= 4 is 28.5 Å². The smallest absolute Gasteiger partial charge is 0.343 e. The van der Waals surface area contributed by atoms with Crippen molar-refractivity contribution in [2.45, 2.75) is 0 Å². The first kappa shape index (κ1) is 16.1. The molecule has 2 aromatic carbocycles. The Balaban J connectivity index is 1.96. The van der Waals surface area contributed by atoms with Crippen LogP contribution in [0.1, 0.15) is 0 Å². The molecule has 0 saturated heterocycles. The summed E-state index contributed by atoms with van der Waals surface area (Å²) in [6.07, 6.45) is 0. The first-order valence-corrected chi connectivity index (χ1v) is 7.48. The van der Waals surface area contributed by atoms with Crippen molar-refractivity contribution in [2.24, 2.45) is 0 Å². The predicted octanol–water partition coefficient (Wildman–Crippen LogP) is 3.67. The number of carbonyl (C=O) groups is 1. The molecule has 3 rings (SSSR count). The summed E-state index contributed by atoms with van der Waals surface area (Å²) in [5.74, 6) is 0.340. The van der Waals surface area contributed by atoms with Crippen molar-refractivity contribution in [3.8, 4) is 17.1 Å². The molecular weight excluding hydrogens is 332 g/mol. The predicted molar refractivity (Wildman–Crippen MR) is 90.4 cm³/mol. The highest BCUT2D eigenvalue weighted by atomic mass is 35.5. The fourth-order valence-electron chi connectivity index (χ4n) is 2.18. The van der Waals surface area contributed by atoms with Gasteiger partial charge in [-0.1, -0.05) is 11.6 Å². The Kier molecular flexibility index (Phi) is 4.53.